The van der Waals surface area contributed by atoms with Crippen LogP contribution in [-0.4, -0.2) is 31.0 Å². The predicted molar refractivity (Wildman–Crippen MR) is 68.1 cm³/mol. The standard InChI is InChI=1S/C12H15BrFNO2/c1-8-5-9(3-4-11(8)14)12(16)15-10(6-13)7-17-2/h3-5,10H,6-7H2,1-2H3,(H,15,16). The van der Waals surface area contributed by atoms with Gasteiger partial charge in [0, 0.05) is 18.0 Å². The van der Waals surface area contributed by atoms with Gasteiger partial charge in [-0.25, -0.2) is 4.39 Å². The van der Waals surface area contributed by atoms with Gasteiger partial charge < -0.3 is 10.1 Å². The van der Waals surface area contributed by atoms with E-state index in [4.69, 9.17) is 4.74 Å². The smallest absolute Gasteiger partial charge is 0.251 e. The van der Waals surface area contributed by atoms with E-state index in [1.165, 1.54) is 18.2 Å². The molecule has 1 aromatic carbocycles. The van der Waals surface area contributed by atoms with Crippen molar-refractivity contribution in [2.75, 3.05) is 19.0 Å². The van der Waals surface area contributed by atoms with E-state index >= 15 is 0 Å². The Morgan fingerprint density at radius 3 is 2.82 bits per heavy atom. The van der Waals surface area contributed by atoms with Crippen LogP contribution in [0.25, 0.3) is 0 Å². The minimum absolute atomic E-state index is 0.0992. The Morgan fingerprint density at radius 1 is 1.59 bits per heavy atom. The second-order valence-corrected chi connectivity index (χ2v) is 4.39. The first-order valence-corrected chi connectivity index (χ1v) is 6.32. The first kappa shape index (κ1) is 14.1. The van der Waals surface area contributed by atoms with Gasteiger partial charge in [-0.15, -0.1) is 0 Å². The lowest BCUT2D eigenvalue weighted by Crippen LogP contribution is -2.39. The molecule has 0 aromatic heterocycles. The molecule has 0 saturated heterocycles. The molecule has 94 valence electrons. The highest BCUT2D eigenvalue weighted by molar-refractivity contribution is 9.09. The van der Waals surface area contributed by atoms with Crippen LogP contribution in [0.15, 0.2) is 18.2 Å². The number of alkyl halides is 1. The zero-order valence-electron chi connectivity index (χ0n) is 9.80. The van der Waals surface area contributed by atoms with Crippen molar-refractivity contribution in [3.8, 4) is 0 Å². The highest BCUT2D eigenvalue weighted by Gasteiger charge is 2.13. The number of benzene rings is 1. The maximum Gasteiger partial charge on any atom is 0.251 e. The van der Waals surface area contributed by atoms with E-state index in [0.29, 0.717) is 23.1 Å². The fraction of sp³-hybridized carbons (Fsp3) is 0.417. The van der Waals surface area contributed by atoms with Crippen LogP contribution in [0.3, 0.4) is 0 Å². The van der Waals surface area contributed by atoms with Gasteiger partial charge in [0.05, 0.1) is 12.6 Å². The Morgan fingerprint density at radius 2 is 2.29 bits per heavy atom. The molecule has 1 atom stereocenters. The van der Waals surface area contributed by atoms with Crippen LogP contribution in [0.1, 0.15) is 15.9 Å². The fourth-order valence-electron chi connectivity index (χ4n) is 1.38. The van der Waals surface area contributed by atoms with Crippen molar-refractivity contribution in [2.45, 2.75) is 13.0 Å². The number of methoxy groups -OCH3 is 1. The lowest BCUT2D eigenvalue weighted by atomic mass is 10.1. The number of ether oxygens (including phenoxy) is 1. The largest absolute Gasteiger partial charge is 0.383 e. The summed E-state index contributed by atoms with van der Waals surface area (Å²) in [4.78, 5) is 11.8. The Balaban J connectivity index is 2.72. The average Bonchev–Trinajstić information content (AvgIpc) is 2.31. The molecular weight excluding hydrogens is 289 g/mol. The maximum absolute atomic E-state index is 13.1. The van der Waals surface area contributed by atoms with Gasteiger partial charge in [-0.05, 0) is 30.7 Å². The van der Waals surface area contributed by atoms with Gasteiger partial charge >= 0.3 is 0 Å². The molecule has 17 heavy (non-hydrogen) atoms. The maximum atomic E-state index is 13.1. The average molecular weight is 304 g/mol. The van der Waals surface area contributed by atoms with E-state index in [0.717, 1.165) is 0 Å². The monoisotopic (exact) mass is 303 g/mol. The summed E-state index contributed by atoms with van der Waals surface area (Å²) in [7, 11) is 1.57. The molecule has 5 heteroatoms. The van der Waals surface area contributed by atoms with E-state index in [1.54, 1.807) is 14.0 Å². The number of halogens is 2. The number of carbonyl (C=O) groups excluding carboxylic acids is 1. The molecule has 3 nitrogen and oxygen atoms in total. The molecule has 1 unspecified atom stereocenters. The number of aryl methyl sites for hydroxylation is 1. The summed E-state index contributed by atoms with van der Waals surface area (Å²) in [5.74, 6) is -0.537. The Hall–Kier alpha value is -0.940. The molecule has 1 amide bonds. The van der Waals surface area contributed by atoms with Crippen molar-refractivity contribution in [3.63, 3.8) is 0 Å². The van der Waals surface area contributed by atoms with Crippen molar-refractivity contribution >= 4 is 21.8 Å². The summed E-state index contributed by atoms with van der Waals surface area (Å²) in [5.41, 5.74) is 0.908. The quantitative estimate of drug-likeness (QED) is 0.848. The Kier molecular flexibility index (Phi) is 5.58. The van der Waals surface area contributed by atoms with Crippen molar-refractivity contribution < 1.29 is 13.9 Å². The van der Waals surface area contributed by atoms with Crippen molar-refractivity contribution in [1.82, 2.24) is 5.32 Å². The van der Waals surface area contributed by atoms with Crippen LogP contribution in [0.2, 0.25) is 0 Å². The van der Waals surface area contributed by atoms with E-state index in [9.17, 15) is 9.18 Å². The third-order valence-electron chi connectivity index (χ3n) is 2.31. The lowest BCUT2D eigenvalue weighted by molar-refractivity contribution is 0.0908. The molecule has 1 rings (SSSR count). The van der Waals surface area contributed by atoms with Gasteiger partial charge in [0.25, 0.3) is 5.91 Å². The molecule has 0 saturated carbocycles. The normalized spacial score (nSPS) is 12.2. The highest BCUT2D eigenvalue weighted by Crippen LogP contribution is 2.09. The lowest BCUT2D eigenvalue weighted by Gasteiger charge is -2.15. The Bertz CT molecular complexity index is 398. The minimum atomic E-state index is -0.310. The molecule has 1 aromatic rings. The number of nitrogens with one attached hydrogen (secondary N) is 1. The van der Waals surface area contributed by atoms with Crippen molar-refractivity contribution in [3.05, 3.63) is 35.1 Å². The van der Waals surface area contributed by atoms with Gasteiger partial charge in [0.15, 0.2) is 0 Å². The van der Waals surface area contributed by atoms with E-state index in [-0.39, 0.29) is 17.8 Å². The topological polar surface area (TPSA) is 38.3 Å². The summed E-state index contributed by atoms with van der Waals surface area (Å²) in [6.45, 7) is 2.06. The molecule has 0 aliphatic rings. The van der Waals surface area contributed by atoms with Gasteiger partial charge in [0.2, 0.25) is 0 Å². The van der Waals surface area contributed by atoms with Gasteiger partial charge in [-0.1, -0.05) is 15.9 Å². The molecule has 0 radical (unpaired) electrons. The van der Waals surface area contributed by atoms with E-state index < -0.39 is 0 Å². The summed E-state index contributed by atoms with van der Waals surface area (Å²) in [6.07, 6.45) is 0. The third-order valence-corrected chi connectivity index (χ3v) is 3.09. The molecule has 0 aliphatic heterocycles. The first-order valence-electron chi connectivity index (χ1n) is 5.20. The molecular formula is C12H15BrFNO2. The number of carbonyl (C=O) groups is 1. The minimum Gasteiger partial charge on any atom is -0.383 e. The molecule has 0 fully saturated rings. The summed E-state index contributed by atoms with van der Waals surface area (Å²) >= 11 is 3.29. The van der Waals surface area contributed by atoms with Gasteiger partial charge in [0.1, 0.15) is 5.82 Å². The molecule has 0 aliphatic carbocycles. The zero-order chi connectivity index (χ0) is 12.8. The van der Waals surface area contributed by atoms with Crippen LogP contribution in [0, 0.1) is 12.7 Å². The fourth-order valence-corrected chi connectivity index (χ4v) is 1.73. The number of amides is 1. The third kappa shape index (κ3) is 4.09. The molecule has 0 spiro atoms. The van der Waals surface area contributed by atoms with Crippen LogP contribution >= 0.6 is 15.9 Å². The second-order valence-electron chi connectivity index (χ2n) is 3.74. The van der Waals surface area contributed by atoms with Gasteiger partial charge in [-0.3, -0.25) is 4.79 Å². The molecule has 0 heterocycles. The summed E-state index contributed by atoms with van der Waals surface area (Å²) in [6, 6.07) is 4.19. The number of hydrogen-bond donors (Lipinski definition) is 1. The van der Waals surface area contributed by atoms with Crippen LogP contribution < -0.4 is 5.32 Å². The zero-order valence-corrected chi connectivity index (χ0v) is 11.4. The number of hydrogen-bond acceptors (Lipinski definition) is 2. The van der Waals surface area contributed by atoms with Crippen molar-refractivity contribution in [1.29, 1.82) is 0 Å². The highest BCUT2D eigenvalue weighted by atomic mass is 79.9. The molecule has 0 bridgehead atoms. The van der Waals surface area contributed by atoms with Crippen LogP contribution in [-0.2, 0) is 4.74 Å². The second kappa shape index (κ2) is 6.71. The van der Waals surface area contributed by atoms with Crippen LogP contribution in [0.4, 0.5) is 4.39 Å². The van der Waals surface area contributed by atoms with Crippen molar-refractivity contribution in [2.24, 2.45) is 0 Å². The molecule has 1 N–H and O–H groups in total. The first-order chi connectivity index (χ1) is 8.08. The van der Waals surface area contributed by atoms with Crippen LogP contribution in [0.5, 0.6) is 0 Å². The summed E-state index contributed by atoms with van der Waals surface area (Å²) in [5, 5.41) is 3.40. The van der Waals surface area contributed by atoms with E-state index in [2.05, 4.69) is 21.2 Å². The summed E-state index contributed by atoms with van der Waals surface area (Å²) < 4.78 is 18.0. The predicted octanol–water partition coefficient (Wildman–Crippen LogP) is 2.27. The van der Waals surface area contributed by atoms with E-state index in [1.807, 2.05) is 0 Å². The Labute approximate surface area is 108 Å². The number of rotatable bonds is 5. The SMILES string of the molecule is COCC(CBr)NC(=O)c1ccc(F)c(C)c1. The van der Waals surface area contributed by atoms with Gasteiger partial charge in [-0.2, -0.15) is 0 Å².